The number of fused-ring (bicyclic) bond motifs is 2. The Morgan fingerprint density at radius 2 is 1.50 bits per heavy atom. The summed E-state index contributed by atoms with van der Waals surface area (Å²) in [5, 5.41) is 12.2. The third-order valence-corrected chi connectivity index (χ3v) is 14.8. The van der Waals surface area contributed by atoms with E-state index in [4.69, 9.17) is 36.0 Å². The highest BCUT2D eigenvalue weighted by Crippen LogP contribution is 2.63. The first-order chi connectivity index (χ1) is 22.8. The van der Waals surface area contributed by atoms with Crippen molar-refractivity contribution < 1.29 is 23.7 Å². The van der Waals surface area contributed by atoms with Crippen molar-refractivity contribution in [3.05, 3.63) is 113 Å². The van der Waals surface area contributed by atoms with Crippen LogP contribution in [0.2, 0.25) is 23.4 Å². The fourth-order valence-corrected chi connectivity index (χ4v) is 8.30. The van der Waals surface area contributed by atoms with E-state index >= 15 is 0 Å². The first-order valence-electron chi connectivity index (χ1n) is 16.0. The zero-order valence-electron chi connectivity index (χ0n) is 27.8. The third kappa shape index (κ3) is 5.03. The van der Waals surface area contributed by atoms with Crippen molar-refractivity contribution in [3.63, 3.8) is 0 Å². The number of benzene rings is 3. The maximum atomic E-state index is 12.4. The highest BCUT2D eigenvalue weighted by molar-refractivity contribution is 6.74. The van der Waals surface area contributed by atoms with Crippen molar-refractivity contribution in [1.29, 1.82) is 0 Å². The summed E-state index contributed by atoms with van der Waals surface area (Å²) in [7, 11) is -0.878. The van der Waals surface area contributed by atoms with Gasteiger partial charge in [0.25, 0.3) is 0 Å². The number of halogens is 1. The van der Waals surface area contributed by atoms with Gasteiger partial charge in [0.2, 0.25) is 5.28 Å². The van der Waals surface area contributed by atoms with E-state index in [1.807, 2.05) is 60.7 Å². The molecular weight excluding hydrogens is 646 g/mol. The topological polar surface area (TPSA) is 127 Å². The number of nitrogen functional groups attached to an aromatic ring is 1. The summed E-state index contributed by atoms with van der Waals surface area (Å²) in [6.45, 7) is 10.8. The molecule has 3 N–H and O–H groups in total. The molecule has 0 amide bonds. The number of anilines is 1. The van der Waals surface area contributed by atoms with E-state index in [0.29, 0.717) is 11.2 Å². The van der Waals surface area contributed by atoms with Crippen molar-refractivity contribution in [1.82, 2.24) is 19.5 Å². The lowest BCUT2D eigenvalue weighted by Gasteiger charge is -2.42. The number of aliphatic hydroxyl groups excluding tert-OH is 1. The molecule has 1 aliphatic carbocycles. The van der Waals surface area contributed by atoms with E-state index in [-0.39, 0.29) is 16.1 Å². The molecule has 1 aliphatic heterocycles. The predicted molar refractivity (Wildman–Crippen MR) is 186 cm³/mol. The van der Waals surface area contributed by atoms with E-state index in [1.165, 1.54) is 6.33 Å². The van der Waals surface area contributed by atoms with E-state index < -0.39 is 44.1 Å². The standard InChI is InChI=1S/C36H40ClN5O5Si/c1-34(2,3)48(5,6)47-36-27(43)32(42-21-39-26-30(38)40-33(37)41-31(26)42)45-28(36)29(36)46-35(22-13-9-7-10-14-22,23-15-11-8-12-16-23)24-17-19-25(44-4)20-18-24/h7-21,27-29,32,43H,1-6H3,(H2,38,40,41)/t27-,28+,29?,32+,36?/m0/s1. The van der Waals surface area contributed by atoms with Crippen LogP contribution < -0.4 is 10.5 Å². The minimum absolute atomic E-state index is 0.0251. The van der Waals surface area contributed by atoms with Gasteiger partial charge in [0.05, 0.1) is 13.4 Å². The average Bonchev–Trinajstić information content (AvgIpc) is 3.29. The summed E-state index contributed by atoms with van der Waals surface area (Å²) in [4.78, 5) is 12.8. The first-order valence-corrected chi connectivity index (χ1v) is 19.2. The van der Waals surface area contributed by atoms with E-state index in [2.05, 4.69) is 73.1 Å². The summed E-state index contributed by atoms with van der Waals surface area (Å²) >= 11 is 6.19. The zero-order valence-corrected chi connectivity index (χ0v) is 29.5. The normalized spacial score (nSPS) is 24.1. The molecule has 7 rings (SSSR count). The molecule has 250 valence electrons. The maximum Gasteiger partial charge on any atom is 0.226 e. The summed E-state index contributed by atoms with van der Waals surface area (Å²) in [6, 6.07) is 28.1. The molecule has 2 fully saturated rings. The van der Waals surface area contributed by atoms with Gasteiger partial charge in [-0.25, -0.2) is 4.98 Å². The number of aromatic nitrogens is 4. The Balaban J connectivity index is 1.37. The number of nitrogens with zero attached hydrogens (tertiary/aromatic N) is 4. The number of aliphatic hydroxyl groups is 1. The van der Waals surface area contributed by atoms with Crippen LogP contribution >= 0.6 is 11.6 Å². The largest absolute Gasteiger partial charge is 0.497 e. The van der Waals surface area contributed by atoms with Crippen LogP contribution in [0.3, 0.4) is 0 Å². The second-order valence-corrected chi connectivity index (χ2v) is 19.1. The third-order valence-electron chi connectivity index (χ3n) is 10.2. The van der Waals surface area contributed by atoms with Crippen molar-refractivity contribution in [2.45, 2.75) is 74.6 Å². The molecule has 2 unspecified atom stereocenters. The van der Waals surface area contributed by atoms with Gasteiger partial charge in [-0.1, -0.05) is 93.6 Å². The number of imidazole rings is 1. The van der Waals surface area contributed by atoms with Gasteiger partial charge in [0.1, 0.15) is 40.8 Å². The first kappa shape index (κ1) is 32.7. The molecule has 1 saturated carbocycles. The Labute approximate surface area is 285 Å². The molecule has 5 aromatic rings. The minimum Gasteiger partial charge on any atom is -0.497 e. The average molecular weight is 686 g/mol. The molecule has 0 bridgehead atoms. The lowest BCUT2D eigenvalue weighted by molar-refractivity contribution is -0.130. The Morgan fingerprint density at radius 3 is 2.06 bits per heavy atom. The Hall–Kier alpha value is -3.84. The van der Waals surface area contributed by atoms with Gasteiger partial charge < -0.3 is 29.5 Å². The maximum absolute atomic E-state index is 12.4. The number of nitrogens with two attached hydrogens (primary N) is 1. The fourth-order valence-electron chi connectivity index (χ4n) is 6.59. The molecule has 3 heterocycles. The van der Waals surface area contributed by atoms with Gasteiger partial charge >= 0.3 is 0 Å². The van der Waals surface area contributed by atoms with Crippen LogP contribution in [0.5, 0.6) is 5.75 Å². The lowest BCUT2D eigenvalue weighted by atomic mass is 9.80. The van der Waals surface area contributed by atoms with Crippen LogP contribution in [0.15, 0.2) is 91.3 Å². The van der Waals surface area contributed by atoms with Crippen LogP contribution in [0, 0.1) is 0 Å². The lowest BCUT2D eigenvalue weighted by Crippen LogP contribution is -2.51. The SMILES string of the molecule is COc1ccc(C(OC2[C@H]3O[C@@H](n4cnc5c(N)nc(Cl)nc54)[C@H](O)C23O[Si](C)(C)C(C)(C)C)(c2ccccc2)c2ccccc2)cc1. The molecule has 0 radical (unpaired) electrons. The molecule has 1 saturated heterocycles. The van der Waals surface area contributed by atoms with E-state index in [9.17, 15) is 5.11 Å². The van der Waals surface area contributed by atoms with Gasteiger partial charge in [-0.2, -0.15) is 9.97 Å². The van der Waals surface area contributed by atoms with Crippen LogP contribution in [-0.4, -0.2) is 64.0 Å². The summed E-state index contributed by atoms with van der Waals surface area (Å²) in [6.07, 6.45) is -1.79. The summed E-state index contributed by atoms with van der Waals surface area (Å²) < 4.78 is 28.6. The number of hydrogen-bond acceptors (Lipinski definition) is 9. The molecule has 12 heteroatoms. The summed E-state index contributed by atoms with van der Waals surface area (Å²) in [5.74, 6) is 0.873. The van der Waals surface area contributed by atoms with Crippen LogP contribution in [0.25, 0.3) is 11.2 Å². The van der Waals surface area contributed by atoms with Crippen LogP contribution in [0.4, 0.5) is 5.82 Å². The van der Waals surface area contributed by atoms with Gasteiger partial charge in [0, 0.05) is 0 Å². The number of rotatable bonds is 9. The van der Waals surface area contributed by atoms with Crippen LogP contribution in [0.1, 0.15) is 43.7 Å². The molecule has 5 atom stereocenters. The molecule has 10 nitrogen and oxygen atoms in total. The monoisotopic (exact) mass is 685 g/mol. The van der Waals surface area contributed by atoms with Gasteiger partial charge in [-0.3, -0.25) is 4.57 Å². The van der Waals surface area contributed by atoms with Gasteiger partial charge in [-0.15, -0.1) is 0 Å². The Bertz CT molecular complexity index is 1900. The van der Waals surface area contributed by atoms with Crippen molar-refractivity contribution >= 4 is 36.9 Å². The summed E-state index contributed by atoms with van der Waals surface area (Å²) in [5.41, 5.74) is 7.27. The molecule has 2 aliphatic rings. The quantitative estimate of drug-likeness (QED) is 0.102. The second kappa shape index (κ2) is 11.6. The predicted octanol–water partition coefficient (Wildman–Crippen LogP) is 6.48. The number of hydrogen-bond donors (Lipinski definition) is 2. The number of ether oxygens (including phenoxy) is 3. The van der Waals surface area contributed by atoms with Crippen LogP contribution in [-0.2, 0) is 19.5 Å². The van der Waals surface area contributed by atoms with Gasteiger partial charge in [-0.05, 0) is 58.6 Å². The second-order valence-electron chi connectivity index (χ2n) is 14.0. The van der Waals surface area contributed by atoms with Crippen molar-refractivity contribution in [3.8, 4) is 5.75 Å². The Kier molecular flexibility index (Phi) is 7.93. The molecule has 0 spiro atoms. The Morgan fingerprint density at radius 1 is 0.917 bits per heavy atom. The van der Waals surface area contributed by atoms with Gasteiger partial charge in [0.15, 0.2) is 26.0 Å². The molecular formula is C36H40ClN5O5Si. The van der Waals surface area contributed by atoms with Crippen molar-refractivity contribution in [2.75, 3.05) is 12.8 Å². The highest BCUT2D eigenvalue weighted by atomic mass is 35.5. The minimum atomic E-state index is -2.52. The smallest absolute Gasteiger partial charge is 0.226 e. The molecule has 2 aromatic heterocycles. The zero-order chi connectivity index (χ0) is 34.1. The highest BCUT2D eigenvalue weighted by Gasteiger charge is 2.81. The molecule has 48 heavy (non-hydrogen) atoms. The van der Waals surface area contributed by atoms with E-state index in [0.717, 1.165) is 22.4 Å². The van der Waals surface area contributed by atoms with Crippen molar-refractivity contribution in [2.24, 2.45) is 0 Å². The van der Waals surface area contributed by atoms with E-state index in [1.54, 1.807) is 11.7 Å². The number of methoxy groups -OCH3 is 1. The molecule has 3 aromatic carbocycles. The fraction of sp³-hybridized carbons (Fsp3) is 0.361.